The number of nitrogens with two attached hydrogens (primary N) is 1. The second-order valence-corrected chi connectivity index (χ2v) is 4.93. The van der Waals surface area contributed by atoms with Crippen molar-refractivity contribution in [2.24, 2.45) is 5.73 Å². The number of aryl methyl sites for hydroxylation is 2. The predicted molar refractivity (Wildman–Crippen MR) is 71.6 cm³/mol. The summed E-state index contributed by atoms with van der Waals surface area (Å²) in [7, 11) is 0. The van der Waals surface area contributed by atoms with Gasteiger partial charge in [-0.3, -0.25) is 0 Å². The second-order valence-electron chi connectivity index (χ2n) is 4.93. The Balaban J connectivity index is 2.65. The fourth-order valence-electron chi connectivity index (χ4n) is 2.33. The lowest BCUT2D eigenvalue weighted by Crippen LogP contribution is -2.14. The second kappa shape index (κ2) is 6.75. The highest BCUT2D eigenvalue weighted by Crippen LogP contribution is 2.25. The van der Waals surface area contributed by atoms with Gasteiger partial charge in [-0.2, -0.15) is 0 Å². The van der Waals surface area contributed by atoms with Crippen molar-refractivity contribution >= 4 is 0 Å². The lowest BCUT2D eigenvalue weighted by atomic mass is 9.95. The van der Waals surface area contributed by atoms with E-state index in [0.717, 1.165) is 24.0 Å². The maximum Gasteiger partial charge on any atom is 0.128 e. The van der Waals surface area contributed by atoms with E-state index in [1.807, 2.05) is 19.9 Å². The molecule has 2 N–H and O–H groups in total. The van der Waals surface area contributed by atoms with Gasteiger partial charge in [-0.1, -0.05) is 38.7 Å². The standard InChI is InChI=1S/C15H24FN/c1-4-5-6-7-8-14(17)15-12(3)9-11(2)10-13(15)16/h9-10,14H,4-8,17H2,1-3H3. The molecular formula is C15H24FN. The smallest absolute Gasteiger partial charge is 0.128 e. The molecule has 0 aliphatic carbocycles. The molecule has 1 atom stereocenters. The third-order valence-electron chi connectivity index (χ3n) is 3.22. The van der Waals surface area contributed by atoms with Crippen LogP contribution < -0.4 is 5.73 Å². The molecule has 0 radical (unpaired) electrons. The van der Waals surface area contributed by atoms with E-state index in [1.54, 1.807) is 6.07 Å². The average molecular weight is 237 g/mol. The Morgan fingerprint density at radius 2 is 1.88 bits per heavy atom. The van der Waals surface area contributed by atoms with E-state index >= 15 is 0 Å². The largest absolute Gasteiger partial charge is 0.324 e. The molecule has 1 unspecified atom stereocenters. The first kappa shape index (κ1) is 14.2. The van der Waals surface area contributed by atoms with E-state index in [4.69, 9.17) is 5.73 Å². The number of halogens is 1. The highest BCUT2D eigenvalue weighted by Gasteiger charge is 2.14. The van der Waals surface area contributed by atoms with Crippen molar-refractivity contribution in [1.29, 1.82) is 0 Å². The Morgan fingerprint density at radius 3 is 2.47 bits per heavy atom. The summed E-state index contributed by atoms with van der Waals surface area (Å²) in [5, 5.41) is 0. The first-order valence-electron chi connectivity index (χ1n) is 6.58. The first-order chi connectivity index (χ1) is 8.06. The molecule has 1 aromatic carbocycles. The Morgan fingerprint density at radius 1 is 1.18 bits per heavy atom. The third kappa shape index (κ3) is 4.12. The summed E-state index contributed by atoms with van der Waals surface area (Å²) in [6, 6.07) is 3.42. The van der Waals surface area contributed by atoms with E-state index in [9.17, 15) is 4.39 Å². The molecule has 0 bridgehead atoms. The molecule has 1 nitrogen and oxygen atoms in total. The van der Waals surface area contributed by atoms with Crippen LogP contribution in [0.15, 0.2) is 12.1 Å². The van der Waals surface area contributed by atoms with Crippen LogP contribution in [-0.4, -0.2) is 0 Å². The van der Waals surface area contributed by atoms with Gasteiger partial charge in [-0.05, 0) is 37.5 Å². The minimum atomic E-state index is -0.160. The van der Waals surface area contributed by atoms with Gasteiger partial charge in [0.05, 0.1) is 0 Å². The SMILES string of the molecule is CCCCCCC(N)c1c(C)cc(C)cc1F. The molecule has 0 aliphatic rings. The van der Waals surface area contributed by atoms with Gasteiger partial charge in [0, 0.05) is 11.6 Å². The summed E-state index contributed by atoms with van der Waals surface area (Å²) in [4.78, 5) is 0. The van der Waals surface area contributed by atoms with Crippen LogP contribution in [-0.2, 0) is 0 Å². The van der Waals surface area contributed by atoms with Crippen molar-refractivity contribution < 1.29 is 4.39 Å². The number of rotatable bonds is 6. The minimum Gasteiger partial charge on any atom is -0.324 e. The average Bonchev–Trinajstić information content (AvgIpc) is 2.23. The van der Waals surface area contributed by atoms with Crippen LogP contribution in [0.1, 0.15) is 61.8 Å². The van der Waals surface area contributed by atoms with Crippen molar-refractivity contribution in [1.82, 2.24) is 0 Å². The quantitative estimate of drug-likeness (QED) is 0.728. The Bertz CT molecular complexity index is 337. The van der Waals surface area contributed by atoms with Gasteiger partial charge < -0.3 is 5.73 Å². The maximum atomic E-state index is 13.9. The van der Waals surface area contributed by atoms with Crippen molar-refractivity contribution in [2.45, 2.75) is 58.9 Å². The summed E-state index contributed by atoms with van der Waals surface area (Å²) in [6.45, 7) is 6.04. The van der Waals surface area contributed by atoms with E-state index in [2.05, 4.69) is 6.92 Å². The third-order valence-corrected chi connectivity index (χ3v) is 3.22. The molecule has 0 amide bonds. The normalized spacial score (nSPS) is 12.8. The Kier molecular flexibility index (Phi) is 5.63. The van der Waals surface area contributed by atoms with Crippen LogP contribution in [0.25, 0.3) is 0 Å². The molecule has 1 rings (SSSR count). The fraction of sp³-hybridized carbons (Fsp3) is 0.600. The number of unbranched alkanes of at least 4 members (excludes halogenated alkanes) is 3. The number of hydrogen-bond acceptors (Lipinski definition) is 1. The van der Waals surface area contributed by atoms with E-state index in [1.165, 1.54) is 19.3 Å². The van der Waals surface area contributed by atoms with Gasteiger partial charge in [0.25, 0.3) is 0 Å². The lowest BCUT2D eigenvalue weighted by Gasteiger charge is -2.16. The summed E-state index contributed by atoms with van der Waals surface area (Å²) in [5.41, 5.74) is 8.73. The molecule has 0 saturated carbocycles. The van der Waals surface area contributed by atoms with Crippen LogP contribution >= 0.6 is 0 Å². The van der Waals surface area contributed by atoms with Crippen molar-refractivity contribution in [2.75, 3.05) is 0 Å². The maximum absolute atomic E-state index is 13.9. The first-order valence-corrected chi connectivity index (χ1v) is 6.58. The zero-order valence-corrected chi connectivity index (χ0v) is 11.2. The molecule has 0 aromatic heterocycles. The number of hydrogen-bond donors (Lipinski definition) is 1. The van der Waals surface area contributed by atoms with Crippen LogP contribution in [0.2, 0.25) is 0 Å². The van der Waals surface area contributed by atoms with Crippen molar-refractivity contribution in [3.05, 3.63) is 34.6 Å². The molecule has 0 spiro atoms. The monoisotopic (exact) mass is 237 g/mol. The van der Waals surface area contributed by atoms with E-state index in [-0.39, 0.29) is 11.9 Å². The van der Waals surface area contributed by atoms with E-state index < -0.39 is 0 Å². The van der Waals surface area contributed by atoms with Gasteiger partial charge >= 0.3 is 0 Å². The van der Waals surface area contributed by atoms with Gasteiger partial charge in [-0.25, -0.2) is 4.39 Å². The van der Waals surface area contributed by atoms with Crippen LogP contribution in [0.5, 0.6) is 0 Å². The highest BCUT2D eigenvalue weighted by atomic mass is 19.1. The number of benzene rings is 1. The van der Waals surface area contributed by atoms with Crippen LogP contribution in [0.3, 0.4) is 0 Å². The molecule has 0 aliphatic heterocycles. The summed E-state index contributed by atoms with van der Waals surface area (Å²) >= 11 is 0. The fourth-order valence-corrected chi connectivity index (χ4v) is 2.33. The summed E-state index contributed by atoms with van der Waals surface area (Å²) < 4.78 is 13.9. The molecule has 96 valence electrons. The van der Waals surface area contributed by atoms with Gasteiger partial charge in [0.15, 0.2) is 0 Å². The van der Waals surface area contributed by atoms with Crippen molar-refractivity contribution in [3.8, 4) is 0 Å². The Labute approximate surface area is 104 Å². The molecule has 0 saturated heterocycles. The zero-order chi connectivity index (χ0) is 12.8. The molecule has 0 fully saturated rings. The lowest BCUT2D eigenvalue weighted by molar-refractivity contribution is 0.529. The van der Waals surface area contributed by atoms with Crippen LogP contribution in [0.4, 0.5) is 4.39 Å². The Hall–Kier alpha value is -0.890. The molecular weight excluding hydrogens is 213 g/mol. The summed E-state index contributed by atoms with van der Waals surface area (Å²) in [5.74, 6) is -0.148. The van der Waals surface area contributed by atoms with E-state index in [0.29, 0.717) is 5.56 Å². The van der Waals surface area contributed by atoms with Crippen LogP contribution in [0, 0.1) is 19.7 Å². The van der Waals surface area contributed by atoms with Gasteiger partial charge in [-0.15, -0.1) is 0 Å². The van der Waals surface area contributed by atoms with Gasteiger partial charge in [0.1, 0.15) is 5.82 Å². The predicted octanol–water partition coefficient (Wildman–Crippen LogP) is 4.41. The zero-order valence-electron chi connectivity index (χ0n) is 11.2. The molecule has 17 heavy (non-hydrogen) atoms. The minimum absolute atomic E-state index is 0.148. The highest BCUT2D eigenvalue weighted by molar-refractivity contribution is 5.34. The van der Waals surface area contributed by atoms with Crippen molar-refractivity contribution in [3.63, 3.8) is 0 Å². The molecule has 2 heteroatoms. The topological polar surface area (TPSA) is 26.0 Å². The summed E-state index contributed by atoms with van der Waals surface area (Å²) in [6.07, 6.45) is 5.61. The van der Waals surface area contributed by atoms with Gasteiger partial charge in [0.2, 0.25) is 0 Å². The molecule has 1 aromatic rings. The molecule has 0 heterocycles.